The molecule has 2 heterocycles. The van der Waals surface area contributed by atoms with Gasteiger partial charge in [0.1, 0.15) is 5.58 Å². The lowest BCUT2D eigenvalue weighted by molar-refractivity contribution is 0.0607. The molecule has 0 aliphatic carbocycles. The first-order valence-corrected chi connectivity index (χ1v) is 11.6. The third kappa shape index (κ3) is 4.78. The van der Waals surface area contributed by atoms with E-state index in [-0.39, 0.29) is 11.5 Å². The molecular formula is C27H32N2O3. The average molecular weight is 433 g/mol. The van der Waals surface area contributed by atoms with Crippen LogP contribution in [0.5, 0.6) is 0 Å². The minimum absolute atomic E-state index is 0.114. The summed E-state index contributed by atoms with van der Waals surface area (Å²) in [6.07, 6.45) is 2.92. The Morgan fingerprint density at radius 3 is 2.44 bits per heavy atom. The third-order valence-electron chi connectivity index (χ3n) is 6.62. The molecule has 2 aromatic carbocycles. The number of benzene rings is 2. The number of piperidine rings is 1. The number of hydrogen-bond donors (Lipinski definition) is 0. The van der Waals surface area contributed by atoms with Gasteiger partial charge in [0.2, 0.25) is 0 Å². The van der Waals surface area contributed by atoms with Gasteiger partial charge < -0.3 is 9.32 Å². The van der Waals surface area contributed by atoms with Crippen LogP contribution in [0.2, 0.25) is 0 Å². The zero-order valence-electron chi connectivity index (χ0n) is 19.3. The summed E-state index contributed by atoms with van der Waals surface area (Å²) in [5.74, 6) is 0.114. The van der Waals surface area contributed by atoms with E-state index in [0.29, 0.717) is 11.6 Å². The molecular weight excluding hydrogens is 400 g/mol. The van der Waals surface area contributed by atoms with Gasteiger partial charge in [-0.05, 0) is 80.6 Å². The van der Waals surface area contributed by atoms with E-state index in [2.05, 4.69) is 24.8 Å². The molecule has 0 radical (unpaired) electrons. The highest BCUT2D eigenvalue weighted by atomic mass is 16.4. The maximum Gasteiger partial charge on any atom is 0.336 e. The Hall–Kier alpha value is -2.92. The normalized spacial score (nSPS) is 14.9. The van der Waals surface area contributed by atoms with E-state index in [0.717, 1.165) is 67.5 Å². The molecule has 1 aromatic heterocycles. The minimum Gasteiger partial charge on any atom is -0.423 e. The minimum atomic E-state index is -0.296. The highest BCUT2D eigenvalue weighted by Gasteiger charge is 2.27. The van der Waals surface area contributed by atoms with E-state index in [1.54, 1.807) is 6.07 Å². The molecule has 0 unspecified atom stereocenters. The summed E-state index contributed by atoms with van der Waals surface area (Å²) < 4.78 is 5.49. The Kier molecular flexibility index (Phi) is 6.75. The van der Waals surface area contributed by atoms with Crippen molar-refractivity contribution in [1.82, 2.24) is 9.80 Å². The first-order chi connectivity index (χ1) is 15.5. The Balaban J connectivity index is 1.51. The lowest BCUT2D eigenvalue weighted by Gasteiger charge is -2.38. The lowest BCUT2D eigenvalue weighted by atomic mass is 9.99. The van der Waals surface area contributed by atoms with Crippen LogP contribution in [0.3, 0.4) is 0 Å². The van der Waals surface area contributed by atoms with Crippen LogP contribution in [-0.2, 0) is 6.54 Å². The molecule has 3 aromatic rings. The van der Waals surface area contributed by atoms with Gasteiger partial charge in [0, 0.05) is 42.7 Å². The zero-order chi connectivity index (χ0) is 22.7. The summed E-state index contributed by atoms with van der Waals surface area (Å²) in [6.45, 7) is 9.51. The van der Waals surface area contributed by atoms with Gasteiger partial charge in [0.25, 0.3) is 5.91 Å². The van der Waals surface area contributed by atoms with E-state index >= 15 is 0 Å². The molecule has 0 saturated carbocycles. The number of hydrogen-bond acceptors (Lipinski definition) is 4. The van der Waals surface area contributed by atoms with Gasteiger partial charge in [-0.2, -0.15) is 0 Å². The molecule has 5 heteroatoms. The highest BCUT2D eigenvalue weighted by molar-refractivity contribution is 5.94. The number of rotatable bonds is 6. The Labute approximate surface area is 189 Å². The van der Waals surface area contributed by atoms with Crippen LogP contribution in [0.25, 0.3) is 11.0 Å². The zero-order valence-corrected chi connectivity index (χ0v) is 19.3. The molecule has 0 N–H and O–H groups in total. The molecule has 5 nitrogen and oxygen atoms in total. The van der Waals surface area contributed by atoms with Crippen LogP contribution >= 0.6 is 0 Å². The van der Waals surface area contributed by atoms with Gasteiger partial charge in [-0.3, -0.25) is 9.69 Å². The fraction of sp³-hybridized carbons (Fsp3) is 0.407. The van der Waals surface area contributed by atoms with Gasteiger partial charge in [-0.15, -0.1) is 0 Å². The smallest absolute Gasteiger partial charge is 0.336 e. The number of amides is 1. The molecule has 168 valence electrons. The summed E-state index contributed by atoms with van der Waals surface area (Å²) in [6, 6.07) is 15.7. The molecule has 1 aliphatic heterocycles. The van der Waals surface area contributed by atoms with Crippen molar-refractivity contribution in [2.24, 2.45) is 0 Å². The summed E-state index contributed by atoms with van der Waals surface area (Å²) in [4.78, 5) is 29.5. The van der Waals surface area contributed by atoms with E-state index in [1.807, 2.05) is 48.2 Å². The summed E-state index contributed by atoms with van der Waals surface area (Å²) in [5, 5.41) is 1.02. The van der Waals surface area contributed by atoms with Crippen molar-refractivity contribution in [2.75, 3.05) is 19.6 Å². The van der Waals surface area contributed by atoms with Gasteiger partial charge >= 0.3 is 5.63 Å². The van der Waals surface area contributed by atoms with Crippen molar-refractivity contribution in [3.05, 3.63) is 81.2 Å². The third-order valence-corrected chi connectivity index (χ3v) is 6.62. The average Bonchev–Trinajstić information content (AvgIpc) is 2.80. The molecule has 32 heavy (non-hydrogen) atoms. The SMILES string of the molecule is CCCN(Cc1cc(=O)oc2cc(C)c(C)cc12)C1CCN(C(=O)c2ccccc2)CC1. The van der Waals surface area contributed by atoms with E-state index < -0.39 is 0 Å². The van der Waals surface area contributed by atoms with Crippen molar-refractivity contribution >= 4 is 16.9 Å². The molecule has 1 fully saturated rings. The Bertz CT molecular complexity index is 1140. The van der Waals surface area contributed by atoms with Gasteiger partial charge in [-0.1, -0.05) is 25.1 Å². The molecule has 1 amide bonds. The van der Waals surface area contributed by atoms with E-state index in [4.69, 9.17) is 4.42 Å². The van der Waals surface area contributed by atoms with Crippen LogP contribution in [0, 0.1) is 13.8 Å². The molecule has 1 aliphatic rings. The number of fused-ring (bicyclic) bond motifs is 1. The molecule has 4 rings (SSSR count). The van der Waals surface area contributed by atoms with Crippen LogP contribution in [0.4, 0.5) is 0 Å². The lowest BCUT2D eigenvalue weighted by Crippen LogP contribution is -2.46. The Morgan fingerprint density at radius 1 is 1.06 bits per heavy atom. The van der Waals surface area contributed by atoms with Crippen molar-refractivity contribution < 1.29 is 9.21 Å². The van der Waals surface area contributed by atoms with Crippen LogP contribution in [-0.4, -0.2) is 41.4 Å². The maximum atomic E-state index is 12.8. The van der Waals surface area contributed by atoms with Gasteiger partial charge in [0.15, 0.2) is 0 Å². The van der Waals surface area contributed by atoms with Gasteiger partial charge in [-0.25, -0.2) is 4.79 Å². The number of likely N-dealkylation sites (tertiary alicyclic amines) is 1. The fourth-order valence-electron chi connectivity index (χ4n) is 4.71. The van der Waals surface area contributed by atoms with Crippen molar-refractivity contribution in [2.45, 2.75) is 52.6 Å². The first kappa shape index (κ1) is 22.3. The molecule has 0 bridgehead atoms. The first-order valence-electron chi connectivity index (χ1n) is 11.6. The maximum absolute atomic E-state index is 12.8. The van der Waals surface area contributed by atoms with Crippen molar-refractivity contribution in [3.8, 4) is 0 Å². The number of aryl methyl sites for hydroxylation is 2. The fourth-order valence-corrected chi connectivity index (χ4v) is 4.71. The molecule has 0 spiro atoms. The number of carbonyl (C=O) groups is 1. The second-order valence-electron chi connectivity index (χ2n) is 8.88. The van der Waals surface area contributed by atoms with E-state index in [1.165, 1.54) is 5.56 Å². The predicted molar refractivity (Wildman–Crippen MR) is 128 cm³/mol. The monoisotopic (exact) mass is 432 g/mol. The summed E-state index contributed by atoms with van der Waals surface area (Å²) in [7, 11) is 0. The quantitative estimate of drug-likeness (QED) is 0.519. The van der Waals surface area contributed by atoms with Gasteiger partial charge in [0.05, 0.1) is 0 Å². The van der Waals surface area contributed by atoms with E-state index in [9.17, 15) is 9.59 Å². The summed E-state index contributed by atoms with van der Waals surface area (Å²) in [5.41, 5.74) is 4.46. The van der Waals surface area contributed by atoms with Crippen molar-refractivity contribution in [3.63, 3.8) is 0 Å². The number of nitrogens with zero attached hydrogens (tertiary/aromatic N) is 2. The topological polar surface area (TPSA) is 53.8 Å². The standard InChI is InChI=1S/C27H32N2O3/c1-4-12-29(18-22-17-26(30)32-25-16-20(3)19(2)15-24(22)25)23-10-13-28(14-11-23)27(31)21-8-6-5-7-9-21/h5-9,15-17,23H,4,10-14,18H2,1-3H3. The largest absolute Gasteiger partial charge is 0.423 e. The highest BCUT2D eigenvalue weighted by Crippen LogP contribution is 2.26. The predicted octanol–water partition coefficient (Wildman–Crippen LogP) is 4.93. The second-order valence-corrected chi connectivity index (χ2v) is 8.88. The summed E-state index contributed by atoms with van der Waals surface area (Å²) >= 11 is 0. The number of carbonyl (C=O) groups excluding carboxylic acids is 1. The van der Waals surface area contributed by atoms with Crippen LogP contribution in [0.15, 0.2) is 57.7 Å². The van der Waals surface area contributed by atoms with Crippen LogP contribution in [0.1, 0.15) is 53.2 Å². The van der Waals surface area contributed by atoms with Crippen LogP contribution < -0.4 is 5.63 Å². The van der Waals surface area contributed by atoms with Crippen molar-refractivity contribution in [1.29, 1.82) is 0 Å². The Morgan fingerprint density at radius 2 is 1.75 bits per heavy atom. The second kappa shape index (κ2) is 9.70. The molecule has 0 atom stereocenters. The molecule has 1 saturated heterocycles.